The maximum atomic E-state index is 12.5. The predicted molar refractivity (Wildman–Crippen MR) is 99.8 cm³/mol. The van der Waals surface area contributed by atoms with E-state index in [9.17, 15) is 19.2 Å². The van der Waals surface area contributed by atoms with E-state index in [4.69, 9.17) is 9.47 Å². The molecule has 1 aliphatic heterocycles. The minimum Gasteiger partial charge on any atom is -0.464 e. The standard InChI is InChI=1S/C18H21BrN2O6/c1-3-26-17(24)15(18(25)27-4-2)20-16(23)11-8-14(22)21(10-11)13-7-5-6-12(19)9-13/h5-7,9,11,15H,3-4,8,10H2,1-2H3,(H,20,23). The zero-order valence-electron chi connectivity index (χ0n) is 15.1. The molecule has 2 rings (SSSR count). The van der Waals surface area contributed by atoms with Crippen LogP contribution in [0.2, 0.25) is 0 Å². The van der Waals surface area contributed by atoms with E-state index in [1.54, 1.807) is 32.0 Å². The highest BCUT2D eigenvalue weighted by atomic mass is 79.9. The van der Waals surface area contributed by atoms with Crippen LogP contribution in [-0.4, -0.2) is 49.6 Å². The van der Waals surface area contributed by atoms with Crippen molar-refractivity contribution in [1.82, 2.24) is 5.32 Å². The zero-order chi connectivity index (χ0) is 20.0. The van der Waals surface area contributed by atoms with Crippen molar-refractivity contribution in [1.29, 1.82) is 0 Å². The Morgan fingerprint density at radius 3 is 2.41 bits per heavy atom. The number of ether oxygens (including phenoxy) is 2. The van der Waals surface area contributed by atoms with Crippen LogP contribution in [0.3, 0.4) is 0 Å². The van der Waals surface area contributed by atoms with Crippen LogP contribution in [0.4, 0.5) is 5.69 Å². The number of amides is 2. The Balaban J connectivity index is 2.08. The summed E-state index contributed by atoms with van der Waals surface area (Å²) < 4.78 is 10.5. The van der Waals surface area contributed by atoms with E-state index in [-0.39, 0.29) is 32.1 Å². The van der Waals surface area contributed by atoms with Gasteiger partial charge in [0, 0.05) is 23.1 Å². The van der Waals surface area contributed by atoms with E-state index >= 15 is 0 Å². The molecule has 9 heteroatoms. The molecule has 2 amide bonds. The molecule has 0 aliphatic carbocycles. The molecule has 1 fully saturated rings. The molecule has 0 bridgehead atoms. The van der Waals surface area contributed by atoms with Gasteiger partial charge in [0.1, 0.15) is 0 Å². The van der Waals surface area contributed by atoms with Gasteiger partial charge in [0.15, 0.2) is 0 Å². The number of carbonyl (C=O) groups excluding carboxylic acids is 4. The second-order valence-corrected chi connectivity index (χ2v) is 6.75. The number of halogens is 1. The van der Waals surface area contributed by atoms with Crippen LogP contribution < -0.4 is 10.2 Å². The molecular formula is C18H21BrN2O6. The van der Waals surface area contributed by atoms with Gasteiger partial charge in [0.05, 0.1) is 19.1 Å². The quantitative estimate of drug-likeness (QED) is 0.507. The fraction of sp³-hybridized carbons (Fsp3) is 0.444. The molecule has 1 aliphatic rings. The molecule has 0 spiro atoms. The van der Waals surface area contributed by atoms with Crippen molar-refractivity contribution in [3.05, 3.63) is 28.7 Å². The summed E-state index contributed by atoms with van der Waals surface area (Å²) in [5.74, 6) is -3.26. The van der Waals surface area contributed by atoms with Gasteiger partial charge >= 0.3 is 11.9 Å². The molecule has 8 nitrogen and oxygen atoms in total. The number of nitrogens with one attached hydrogen (secondary N) is 1. The summed E-state index contributed by atoms with van der Waals surface area (Å²) in [7, 11) is 0. The van der Waals surface area contributed by atoms with E-state index < -0.39 is 29.8 Å². The van der Waals surface area contributed by atoms with Crippen LogP contribution in [0, 0.1) is 5.92 Å². The van der Waals surface area contributed by atoms with Gasteiger partial charge in [-0.3, -0.25) is 9.59 Å². The summed E-state index contributed by atoms with van der Waals surface area (Å²) in [5, 5.41) is 2.36. The highest BCUT2D eigenvalue weighted by Gasteiger charge is 2.39. The first-order valence-corrected chi connectivity index (χ1v) is 9.36. The lowest BCUT2D eigenvalue weighted by Gasteiger charge is -2.19. The Kier molecular flexibility index (Phi) is 7.35. The van der Waals surface area contributed by atoms with Crippen molar-refractivity contribution in [3.8, 4) is 0 Å². The van der Waals surface area contributed by atoms with Gasteiger partial charge in [-0.2, -0.15) is 0 Å². The summed E-state index contributed by atoms with van der Waals surface area (Å²) in [5.41, 5.74) is 0.664. The summed E-state index contributed by atoms with van der Waals surface area (Å²) in [6, 6.07) is 5.61. The Morgan fingerprint density at radius 1 is 1.22 bits per heavy atom. The minimum absolute atomic E-state index is 0.0171. The van der Waals surface area contributed by atoms with Crippen molar-refractivity contribution in [2.24, 2.45) is 5.92 Å². The van der Waals surface area contributed by atoms with Crippen LogP contribution in [0.1, 0.15) is 20.3 Å². The first-order chi connectivity index (χ1) is 12.9. The lowest BCUT2D eigenvalue weighted by atomic mass is 10.1. The van der Waals surface area contributed by atoms with Crippen molar-refractivity contribution in [2.45, 2.75) is 26.3 Å². The molecule has 1 aromatic rings. The fourth-order valence-corrected chi connectivity index (χ4v) is 3.09. The van der Waals surface area contributed by atoms with Gasteiger partial charge in [0.2, 0.25) is 17.9 Å². The normalized spacial score (nSPS) is 16.4. The van der Waals surface area contributed by atoms with Crippen LogP contribution in [0.25, 0.3) is 0 Å². The minimum atomic E-state index is -1.55. The van der Waals surface area contributed by atoms with Crippen molar-refractivity contribution in [3.63, 3.8) is 0 Å². The Labute approximate surface area is 165 Å². The number of anilines is 1. The largest absolute Gasteiger partial charge is 0.464 e. The van der Waals surface area contributed by atoms with Crippen LogP contribution >= 0.6 is 15.9 Å². The van der Waals surface area contributed by atoms with Crippen molar-refractivity contribution >= 4 is 45.4 Å². The molecule has 0 saturated carbocycles. The van der Waals surface area contributed by atoms with E-state index in [2.05, 4.69) is 21.2 Å². The average molecular weight is 441 g/mol. The van der Waals surface area contributed by atoms with E-state index in [0.717, 1.165) is 4.47 Å². The third-order valence-corrected chi connectivity index (χ3v) is 4.44. The highest BCUT2D eigenvalue weighted by Crippen LogP contribution is 2.27. The monoisotopic (exact) mass is 440 g/mol. The Bertz CT molecular complexity index is 720. The molecule has 1 N–H and O–H groups in total. The zero-order valence-corrected chi connectivity index (χ0v) is 16.7. The first kappa shape index (κ1) is 20.9. The number of esters is 2. The fourth-order valence-electron chi connectivity index (χ4n) is 2.70. The first-order valence-electron chi connectivity index (χ1n) is 8.56. The number of nitrogens with zero attached hydrogens (tertiary/aromatic N) is 1. The van der Waals surface area contributed by atoms with Gasteiger partial charge in [-0.25, -0.2) is 9.59 Å². The predicted octanol–water partition coefficient (Wildman–Crippen LogP) is 1.41. The molecule has 1 unspecified atom stereocenters. The maximum Gasteiger partial charge on any atom is 0.340 e. The molecular weight excluding hydrogens is 420 g/mol. The third-order valence-electron chi connectivity index (χ3n) is 3.95. The van der Waals surface area contributed by atoms with Crippen LogP contribution in [-0.2, 0) is 28.7 Å². The molecule has 1 aromatic carbocycles. The molecule has 0 aromatic heterocycles. The molecule has 1 saturated heterocycles. The lowest BCUT2D eigenvalue weighted by molar-refractivity contribution is -0.159. The van der Waals surface area contributed by atoms with Gasteiger partial charge in [-0.05, 0) is 32.0 Å². The van der Waals surface area contributed by atoms with Crippen LogP contribution in [0.5, 0.6) is 0 Å². The molecule has 1 heterocycles. The van der Waals surface area contributed by atoms with Gasteiger partial charge < -0.3 is 19.7 Å². The smallest absolute Gasteiger partial charge is 0.340 e. The number of rotatable bonds is 7. The van der Waals surface area contributed by atoms with E-state index in [0.29, 0.717) is 5.69 Å². The van der Waals surface area contributed by atoms with Crippen molar-refractivity contribution in [2.75, 3.05) is 24.7 Å². The Morgan fingerprint density at radius 2 is 1.85 bits per heavy atom. The highest BCUT2D eigenvalue weighted by molar-refractivity contribution is 9.10. The average Bonchev–Trinajstić information content (AvgIpc) is 3.01. The van der Waals surface area contributed by atoms with Gasteiger partial charge in [-0.1, -0.05) is 22.0 Å². The molecule has 146 valence electrons. The van der Waals surface area contributed by atoms with Crippen LogP contribution in [0.15, 0.2) is 28.7 Å². The third kappa shape index (κ3) is 5.29. The second-order valence-electron chi connectivity index (χ2n) is 5.83. The number of carbonyl (C=O) groups is 4. The number of hydrogen-bond donors (Lipinski definition) is 1. The Hall–Kier alpha value is -2.42. The SMILES string of the molecule is CCOC(=O)C(NC(=O)C1CC(=O)N(c2cccc(Br)c2)C1)C(=O)OCC. The molecule has 1 atom stereocenters. The number of benzene rings is 1. The topological polar surface area (TPSA) is 102 Å². The maximum absolute atomic E-state index is 12.5. The summed E-state index contributed by atoms with van der Waals surface area (Å²) in [6.45, 7) is 3.45. The lowest BCUT2D eigenvalue weighted by Crippen LogP contribution is -2.50. The summed E-state index contributed by atoms with van der Waals surface area (Å²) in [6.07, 6.45) is -0.0171. The van der Waals surface area contributed by atoms with E-state index in [1.165, 1.54) is 4.90 Å². The molecule has 27 heavy (non-hydrogen) atoms. The molecule has 0 radical (unpaired) electrons. The van der Waals surface area contributed by atoms with Gasteiger partial charge in [0.25, 0.3) is 0 Å². The van der Waals surface area contributed by atoms with E-state index in [1.807, 2.05) is 6.07 Å². The number of hydrogen-bond acceptors (Lipinski definition) is 6. The summed E-state index contributed by atoms with van der Waals surface area (Å²) >= 11 is 3.35. The summed E-state index contributed by atoms with van der Waals surface area (Å²) in [4.78, 5) is 50.3. The van der Waals surface area contributed by atoms with Crippen molar-refractivity contribution < 1.29 is 28.7 Å². The second kappa shape index (κ2) is 9.50. The van der Waals surface area contributed by atoms with Gasteiger partial charge in [-0.15, -0.1) is 0 Å².